The van der Waals surface area contributed by atoms with E-state index >= 15 is 0 Å². The van der Waals surface area contributed by atoms with E-state index < -0.39 is 0 Å². The number of hydrogen-bond acceptors (Lipinski definition) is 0. The SMILES string of the molecule is C/C=C/CCc1ccc(/C=C/c2ccc(CC(C)c3ccccc3)cc2F)cc1. The second-order valence-corrected chi connectivity index (χ2v) is 7.55. The Morgan fingerprint density at radius 1 is 0.862 bits per heavy atom. The summed E-state index contributed by atoms with van der Waals surface area (Å²) in [6, 6.07) is 24.4. The largest absolute Gasteiger partial charge is 0.206 e. The molecule has 3 rings (SSSR count). The third-order valence-electron chi connectivity index (χ3n) is 5.25. The maximum Gasteiger partial charge on any atom is 0.130 e. The Bertz CT molecular complexity index is 949. The molecule has 0 heterocycles. The smallest absolute Gasteiger partial charge is 0.130 e. The molecule has 0 nitrogen and oxygen atoms in total. The highest BCUT2D eigenvalue weighted by molar-refractivity contribution is 5.70. The van der Waals surface area contributed by atoms with Crippen molar-refractivity contribution < 1.29 is 4.39 Å². The first kappa shape index (κ1) is 20.8. The van der Waals surface area contributed by atoms with Gasteiger partial charge in [0.1, 0.15) is 5.82 Å². The van der Waals surface area contributed by atoms with Crippen LogP contribution in [-0.2, 0) is 12.8 Å². The maximum absolute atomic E-state index is 14.6. The number of halogens is 1. The minimum absolute atomic E-state index is 0.165. The van der Waals surface area contributed by atoms with Crippen LogP contribution in [0.1, 0.15) is 54.0 Å². The molecule has 0 bridgehead atoms. The van der Waals surface area contributed by atoms with E-state index in [0.717, 1.165) is 30.4 Å². The van der Waals surface area contributed by atoms with Crippen LogP contribution in [0.25, 0.3) is 12.2 Å². The predicted molar refractivity (Wildman–Crippen MR) is 123 cm³/mol. The van der Waals surface area contributed by atoms with Crippen molar-refractivity contribution in [1.29, 1.82) is 0 Å². The molecule has 0 amide bonds. The highest BCUT2D eigenvalue weighted by Gasteiger charge is 2.08. The molecule has 148 valence electrons. The van der Waals surface area contributed by atoms with Gasteiger partial charge in [-0.25, -0.2) is 4.39 Å². The van der Waals surface area contributed by atoms with Gasteiger partial charge in [-0.1, -0.05) is 98.0 Å². The topological polar surface area (TPSA) is 0 Å². The van der Waals surface area contributed by atoms with Crippen LogP contribution >= 0.6 is 0 Å². The van der Waals surface area contributed by atoms with Gasteiger partial charge in [0.15, 0.2) is 0 Å². The van der Waals surface area contributed by atoms with Crippen LogP contribution in [0.5, 0.6) is 0 Å². The number of aryl methyl sites for hydroxylation is 1. The molecule has 0 radical (unpaired) electrons. The summed E-state index contributed by atoms with van der Waals surface area (Å²) in [4.78, 5) is 0. The normalized spacial score (nSPS) is 12.7. The van der Waals surface area contributed by atoms with Crippen LogP contribution in [0.4, 0.5) is 4.39 Å². The highest BCUT2D eigenvalue weighted by Crippen LogP contribution is 2.22. The van der Waals surface area contributed by atoms with Crippen LogP contribution in [0.15, 0.2) is 84.9 Å². The lowest BCUT2D eigenvalue weighted by Crippen LogP contribution is -1.99. The average molecular weight is 385 g/mol. The summed E-state index contributed by atoms with van der Waals surface area (Å²) in [5.41, 5.74) is 5.34. The number of hydrogen-bond donors (Lipinski definition) is 0. The molecule has 0 N–H and O–H groups in total. The van der Waals surface area contributed by atoms with Gasteiger partial charge in [-0.15, -0.1) is 0 Å². The Morgan fingerprint density at radius 2 is 1.59 bits per heavy atom. The van der Waals surface area contributed by atoms with Crippen molar-refractivity contribution in [2.24, 2.45) is 0 Å². The molecular weight excluding hydrogens is 355 g/mol. The van der Waals surface area contributed by atoms with E-state index in [9.17, 15) is 4.39 Å². The molecule has 1 heteroatoms. The molecule has 3 aromatic carbocycles. The Kier molecular flexibility index (Phi) is 7.58. The first-order valence-electron chi connectivity index (χ1n) is 10.4. The van der Waals surface area contributed by atoms with Crippen molar-refractivity contribution in [3.63, 3.8) is 0 Å². The molecule has 3 aromatic rings. The molecule has 0 aliphatic heterocycles. The van der Waals surface area contributed by atoms with Gasteiger partial charge in [0.05, 0.1) is 0 Å². The zero-order valence-electron chi connectivity index (χ0n) is 17.3. The van der Waals surface area contributed by atoms with Gasteiger partial charge in [0.25, 0.3) is 0 Å². The maximum atomic E-state index is 14.6. The first-order chi connectivity index (χ1) is 14.2. The Balaban J connectivity index is 1.62. The monoisotopic (exact) mass is 384 g/mol. The minimum Gasteiger partial charge on any atom is -0.206 e. The summed E-state index contributed by atoms with van der Waals surface area (Å²) in [6.07, 6.45) is 11.0. The molecule has 1 unspecified atom stereocenters. The molecular formula is C28H29F. The van der Waals surface area contributed by atoms with Gasteiger partial charge in [0.2, 0.25) is 0 Å². The summed E-state index contributed by atoms with van der Waals surface area (Å²) in [7, 11) is 0. The van der Waals surface area contributed by atoms with Gasteiger partial charge < -0.3 is 0 Å². The summed E-state index contributed by atoms with van der Waals surface area (Å²) < 4.78 is 14.6. The minimum atomic E-state index is -0.165. The molecule has 0 aliphatic rings. The van der Waals surface area contributed by atoms with E-state index in [1.54, 1.807) is 6.07 Å². The van der Waals surface area contributed by atoms with Gasteiger partial charge >= 0.3 is 0 Å². The molecule has 0 saturated heterocycles. The molecule has 0 aliphatic carbocycles. The highest BCUT2D eigenvalue weighted by atomic mass is 19.1. The first-order valence-corrected chi connectivity index (χ1v) is 10.4. The molecule has 1 atom stereocenters. The predicted octanol–water partition coefficient (Wildman–Crippen LogP) is 7.85. The van der Waals surface area contributed by atoms with Crippen molar-refractivity contribution >= 4 is 12.2 Å². The fraction of sp³-hybridized carbons (Fsp3) is 0.214. The van der Waals surface area contributed by atoms with Gasteiger partial charge in [0, 0.05) is 5.56 Å². The van der Waals surface area contributed by atoms with E-state index in [2.05, 4.69) is 67.6 Å². The second kappa shape index (κ2) is 10.6. The van der Waals surface area contributed by atoms with Crippen LogP contribution in [0.2, 0.25) is 0 Å². The zero-order valence-corrected chi connectivity index (χ0v) is 17.3. The number of benzene rings is 3. The second-order valence-electron chi connectivity index (χ2n) is 7.55. The molecule has 0 fully saturated rings. The average Bonchev–Trinajstić information content (AvgIpc) is 2.75. The zero-order chi connectivity index (χ0) is 20.5. The van der Waals surface area contributed by atoms with Gasteiger partial charge in [-0.2, -0.15) is 0 Å². The van der Waals surface area contributed by atoms with E-state index in [-0.39, 0.29) is 5.82 Å². The van der Waals surface area contributed by atoms with Crippen molar-refractivity contribution in [1.82, 2.24) is 0 Å². The third kappa shape index (κ3) is 6.29. The van der Waals surface area contributed by atoms with E-state index in [1.165, 1.54) is 11.1 Å². The lowest BCUT2D eigenvalue weighted by Gasteiger charge is -2.12. The lowest BCUT2D eigenvalue weighted by molar-refractivity contribution is 0.620. The van der Waals surface area contributed by atoms with Gasteiger partial charge in [-0.3, -0.25) is 0 Å². The van der Waals surface area contributed by atoms with E-state index in [0.29, 0.717) is 11.5 Å². The number of allylic oxidation sites excluding steroid dienone is 2. The van der Waals surface area contributed by atoms with Crippen molar-refractivity contribution in [3.05, 3.63) is 119 Å². The third-order valence-corrected chi connectivity index (χ3v) is 5.25. The fourth-order valence-corrected chi connectivity index (χ4v) is 3.48. The lowest BCUT2D eigenvalue weighted by atomic mass is 9.93. The molecule has 0 aromatic heterocycles. The van der Waals surface area contributed by atoms with Crippen LogP contribution in [0.3, 0.4) is 0 Å². The molecule has 0 spiro atoms. The summed E-state index contributed by atoms with van der Waals surface area (Å²) in [6.45, 7) is 4.23. The van der Waals surface area contributed by atoms with Crippen LogP contribution < -0.4 is 0 Å². The van der Waals surface area contributed by atoms with Crippen LogP contribution in [-0.4, -0.2) is 0 Å². The Morgan fingerprint density at radius 3 is 2.28 bits per heavy atom. The Hall–Kier alpha value is -2.93. The molecule has 0 saturated carbocycles. The van der Waals surface area contributed by atoms with Gasteiger partial charge in [-0.05, 0) is 60.4 Å². The van der Waals surface area contributed by atoms with Crippen molar-refractivity contribution in [3.8, 4) is 0 Å². The van der Waals surface area contributed by atoms with Crippen LogP contribution in [0, 0.1) is 5.82 Å². The Labute approximate surface area is 174 Å². The number of rotatable bonds is 8. The summed E-state index contributed by atoms with van der Waals surface area (Å²) >= 11 is 0. The standard InChI is InChI=1S/C28H29F/c1-3-4-6-9-23-12-14-24(15-13-23)16-18-27-19-17-25(21-28(27)29)20-22(2)26-10-7-5-8-11-26/h3-5,7-8,10-19,21-22H,6,9,20H2,1-2H3/b4-3+,18-16+. The fourth-order valence-electron chi connectivity index (χ4n) is 3.48. The van der Waals surface area contributed by atoms with Crippen molar-refractivity contribution in [2.75, 3.05) is 0 Å². The summed E-state index contributed by atoms with van der Waals surface area (Å²) in [5.74, 6) is 0.199. The summed E-state index contributed by atoms with van der Waals surface area (Å²) in [5, 5.41) is 0. The van der Waals surface area contributed by atoms with E-state index in [1.807, 2.05) is 37.3 Å². The van der Waals surface area contributed by atoms with Crippen molar-refractivity contribution in [2.45, 2.75) is 39.0 Å². The molecule has 29 heavy (non-hydrogen) atoms. The quantitative estimate of drug-likeness (QED) is 0.274. The van der Waals surface area contributed by atoms with E-state index in [4.69, 9.17) is 0 Å².